The van der Waals surface area contributed by atoms with Gasteiger partial charge in [-0.05, 0) is 50.4 Å². The fourth-order valence-corrected chi connectivity index (χ4v) is 2.64. The number of piperidine rings is 1. The molecule has 0 aliphatic carbocycles. The first-order valence-electron chi connectivity index (χ1n) is 6.79. The van der Waals surface area contributed by atoms with Crippen LogP contribution in [0.5, 0.6) is 0 Å². The molecule has 1 N–H and O–H groups in total. The number of esters is 1. The summed E-state index contributed by atoms with van der Waals surface area (Å²) in [4.78, 5) is 12.3. The van der Waals surface area contributed by atoms with Gasteiger partial charge in [0.1, 0.15) is 5.82 Å². The maximum atomic E-state index is 12.9. The molecule has 4 heteroatoms. The van der Waals surface area contributed by atoms with E-state index in [1.54, 1.807) is 12.1 Å². The molecule has 1 unspecified atom stereocenters. The van der Waals surface area contributed by atoms with E-state index in [9.17, 15) is 9.18 Å². The van der Waals surface area contributed by atoms with Crippen LogP contribution in [0.15, 0.2) is 24.3 Å². The lowest BCUT2D eigenvalue weighted by Gasteiger charge is -2.35. The normalized spacial score (nSPS) is 23.1. The number of halogens is 1. The molecule has 0 aromatic heterocycles. The molecule has 1 aromatic carbocycles. The van der Waals surface area contributed by atoms with E-state index in [2.05, 4.69) is 5.32 Å². The molecule has 1 aliphatic rings. The molecule has 0 amide bonds. The number of benzene rings is 1. The zero-order chi connectivity index (χ0) is 13.7. The van der Waals surface area contributed by atoms with Crippen LogP contribution in [0.1, 0.15) is 25.3 Å². The standard InChI is InChI=1S/C15H20FNO2/c1-2-19-14(18)15(8-3-9-17-11-15)10-12-4-6-13(16)7-5-12/h4-7,17H,2-3,8-11H2,1H3. The molecular formula is C15H20FNO2. The summed E-state index contributed by atoms with van der Waals surface area (Å²) in [6.45, 7) is 3.78. The lowest BCUT2D eigenvalue weighted by atomic mass is 9.76. The number of ether oxygens (including phenoxy) is 1. The minimum atomic E-state index is -0.508. The number of rotatable bonds is 4. The zero-order valence-corrected chi connectivity index (χ0v) is 11.2. The average molecular weight is 265 g/mol. The molecule has 1 atom stereocenters. The molecule has 1 aliphatic heterocycles. The van der Waals surface area contributed by atoms with Gasteiger partial charge < -0.3 is 10.1 Å². The highest BCUT2D eigenvalue weighted by molar-refractivity contribution is 5.77. The van der Waals surface area contributed by atoms with Crippen molar-refractivity contribution >= 4 is 5.97 Å². The van der Waals surface area contributed by atoms with Crippen LogP contribution in [0, 0.1) is 11.2 Å². The molecule has 1 fully saturated rings. The lowest BCUT2D eigenvalue weighted by Crippen LogP contribution is -2.47. The van der Waals surface area contributed by atoms with Gasteiger partial charge in [-0.15, -0.1) is 0 Å². The molecule has 0 radical (unpaired) electrons. The Kier molecular flexibility index (Phi) is 4.53. The van der Waals surface area contributed by atoms with Gasteiger partial charge in [-0.1, -0.05) is 12.1 Å². The Hall–Kier alpha value is -1.42. The summed E-state index contributed by atoms with van der Waals surface area (Å²) in [5.74, 6) is -0.401. The molecular weight excluding hydrogens is 245 g/mol. The molecule has 104 valence electrons. The fourth-order valence-electron chi connectivity index (χ4n) is 2.64. The van der Waals surface area contributed by atoms with E-state index in [-0.39, 0.29) is 11.8 Å². The molecule has 1 aromatic rings. The third-order valence-corrected chi connectivity index (χ3v) is 3.64. The largest absolute Gasteiger partial charge is 0.466 e. The van der Waals surface area contributed by atoms with Crippen molar-refractivity contribution in [3.8, 4) is 0 Å². The Balaban J connectivity index is 2.17. The monoisotopic (exact) mass is 265 g/mol. The summed E-state index contributed by atoms with van der Waals surface area (Å²) in [6.07, 6.45) is 2.37. The van der Waals surface area contributed by atoms with E-state index in [4.69, 9.17) is 4.74 Å². The number of nitrogens with one attached hydrogen (secondary N) is 1. The van der Waals surface area contributed by atoms with Gasteiger partial charge in [-0.25, -0.2) is 4.39 Å². The summed E-state index contributed by atoms with van der Waals surface area (Å²) in [7, 11) is 0. The van der Waals surface area contributed by atoms with Gasteiger partial charge in [0.05, 0.1) is 12.0 Å². The van der Waals surface area contributed by atoms with Gasteiger partial charge in [0, 0.05) is 6.54 Å². The Bertz CT molecular complexity index is 424. The van der Waals surface area contributed by atoms with Gasteiger partial charge in [-0.3, -0.25) is 4.79 Å². The van der Waals surface area contributed by atoms with Crippen molar-refractivity contribution in [3.63, 3.8) is 0 Å². The number of carbonyl (C=O) groups is 1. The first-order chi connectivity index (χ1) is 9.16. The van der Waals surface area contributed by atoms with Crippen molar-refractivity contribution in [1.82, 2.24) is 5.32 Å². The maximum absolute atomic E-state index is 12.9. The maximum Gasteiger partial charge on any atom is 0.313 e. The van der Waals surface area contributed by atoms with Gasteiger partial charge in [0.2, 0.25) is 0 Å². The van der Waals surface area contributed by atoms with Crippen LogP contribution in [-0.4, -0.2) is 25.7 Å². The Labute approximate surface area is 113 Å². The third kappa shape index (κ3) is 3.32. The quantitative estimate of drug-likeness (QED) is 0.849. The summed E-state index contributed by atoms with van der Waals surface area (Å²) in [5.41, 5.74) is 0.463. The van der Waals surface area contributed by atoms with Crippen LogP contribution in [0.3, 0.4) is 0 Å². The molecule has 3 nitrogen and oxygen atoms in total. The second-order valence-electron chi connectivity index (χ2n) is 5.08. The van der Waals surface area contributed by atoms with Gasteiger partial charge >= 0.3 is 5.97 Å². The van der Waals surface area contributed by atoms with Gasteiger partial charge in [-0.2, -0.15) is 0 Å². The van der Waals surface area contributed by atoms with Crippen LogP contribution in [0.4, 0.5) is 4.39 Å². The highest BCUT2D eigenvalue weighted by Gasteiger charge is 2.41. The van der Waals surface area contributed by atoms with Crippen molar-refractivity contribution in [2.24, 2.45) is 5.41 Å². The first kappa shape index (κ1) is 14.0. The van der Waals surface area contributed by atoms with Crippen LogP contribution in [-0.2, 0) is 16.0 Å². The number of hydrogen-bond donors (Lipinski definition) is 1. The molecule has 2 rings (SSSR count). The van der Waals surface area contributed by atoms with Gasteiger partial charge in [0.25, 0.3) is 0 Å². The highest BCUT2D eigenvalue weighted by atomic mass is 19.1. The molecule has 0 spiro atoms. The van der Waals surface area contributed by atoms with Crippen molar-refractivity contribution in [2.45, 2.75) is 26.2 Å². The fraction of sp³-hybridized carbons (Fsp3) is 0.533. The van der Waals surface area contributed by atoms with Crippen LogP contribution in [0.2, 0.25) is 0 Å². The van der Waals surface area contributed by atoms with Crippen LogP contribution >= 0.6 is 0 Å². The summed E-state index contributed by atoms with van der Waals surface area (Å²) < 4.78 is 18.2. The first-order valence-corrected chi connectivity index (χ1v) is 6.79. The van der Waals surface area contributed by atoms with E-state index in [0.29, 0.717) is 19.6 Å². The van der Waals surface area contributed by atoms with Crippen molar-refractivity contribution in [2.75, 3.05) is 19.7 Å². The Morgan fingerprint density at radius 1 is 1.42 bits per heavy atom. The van der Waals surface area contributed by atoms with Crippen molar-refractivity contribution < 1.29 is 13.9 Å². The van der Waals surface area contributed by atoms with E-state index in [1.807, 2.05) is 6.92 Å². The Morgan fingerprint density at radius 3 is 2.74 bits per heavy atom. The van der Waals surface area contributed by atoms with Crippen molar-refractivity contribution in [3.05, 3.63) is 35.6 Å². The summed E-state index contributed by atoms with van der Waals surface area (Å²) >= 11 is 0. The SMILES string of the molecule is CCOC(=O)C1(Cc2ccc(F)cc2)CCCNC1. The third-order valence-electron chi connectivity index (χ3n) is 3.64. The summed E-state index contributed by atoms with van der Waals surface area (Å²) in [5, 5.41) is 3.27. The number of hydrogen-bond acceptors (Lipinski definition) is 3. The second kappa shape index (κ2) is 6.15. The van der Waals surface area contributed by atoms with E-state index in [1.165, 1.54) is 12.1 Å². The van der Waals surface area contributed by atoms with E-state index >= 15 is 0 Å². The minimum Gasteiger partial charge on any atom is -0.466 e. The number of carbonyl (C=O) groups excluding carboxylic acids is 1. The van der Waals surface area contributed by atoms with E-state index < -0.39 is 5.41 Å². The van der Waals surface area contributed by atoms with Crippen molar-refractivity contribution in [1.29, 1.82) is 0 Å². The predicted molar refractivity (Wildman–Crippen MR) is 71.3 cm³/mol. The topological polar surface area (TPSA) is 38.3 Å². The minimum absolute atomic E-state index is 0.147. The van der Waals surface area contributed by atoms with E-state index in [0.717, 1.165) is 24.9 Å². The highest BCUT2D eigenvalue weighted by Crippen LogP contribution is 2.32. The molecule has 0 saturated carbocycles. The molecule has 19 heavy (non-hydrogen) atoms. The summed E-state index contributed by atoms with van der Waals surface area (Å²) in [6, 6.07) is 6.35. The smallest absolute Gasteiger partial charge is 0.313 e. The Morgan fingerprint density at radius 2 is 2.16 bits per heavy atom. The second-order valence-corrected chi connectivity index (χ2v) is 5.08. The average Bonchev–Trinajstić information content (AvgIpc) is 2.43. The lowest BCUT2D eigenvalue weighted by molar-refractivity contribution is -0.156. The molecule has 1 saturated heterocycles. The molecule has 0 bridgehead atoms. The van der Waals surface area contributed by atoms with Crippen LogP contribution in [0.25, 0.3) is 0 Å². The van der Waals surface area contributed by atoms with Gasteiger partial charge in [0.15, 0.2) is 0 Å². The van der Waals surface area contributed by atoms with Crippen LogP contribution < -0.4 is 5.32 Å². The zero-order valence-electron chi connectivity index (χ0n) is 11.2. The molecule has 1 heterocycles. The predicted octanol–water partition coefficient (Wildman–Crippen LogP) is 2.30.